The van der Waals surface area contributed by atoms with Crippen LogP contribution in [0.1, 0.15) is 24.3 Å². The number of aromatic nitrogens is 2. The van der Waals surface area contributed by atoms with Crippen LogP contribution in [0.15, 0.2) is 33.9 Å². The van der Waals surface area contributed by atoms with Crippen LogP contribution in [0.3, 0.4) is 0 Å². The van der Waals surface area contributed by atoms with Gasteiger partial charge in [-0.25, -0.2) is 0 Å². The second-order valence-corrected chi connectivity index (χ2v) is 7.00. The molecule has 124 valence electrons. The fourth-order valence-corrected chi connectivity index (χ4v) is 3.88. The van der Waals surface area contributed by atoms with Gasteiger partial charge in [-0.3, -0.25) is 0 Å². The number of thioether (sulfide) groups is 1. The Hall–Kier alpha value is -1.53. The zero-order valence-corrected chi connectivity index (χ0v) is 14.5. The number of benzene rings is 1. The minimum absolute atomic E-state index is 0.601. The van der Waals surface area contributed by atoms with Crippen molar-refractivity contribution in [2.24, 2.45) is 5.92 Å². The average molecular weight is 333 g/mol. The quantitative estimate of drug-likeness (QED) is 0.757. The van der Waals surface area contributed by atoms with Gasteiger partial charge in [-0.2, -0.15) is 0 Å². The highest BCUT2D eigenvalue weighted by Gasteiger charge is 2.18. The van der Waals surface area contributed by atoms with Crippen molar-refractivity contribution in [2.75, 3.05) is 33.0 Å². The van der Waals surface area contributed by atoms with E-state index in [1.807, 2.05) is 24.3 Å². The molecule has 0 amide bonds. The Morgan fingerprint density at radius 3 is 3.04 bits per heavy atom. The number of piperidine rings is 1. The highest BCUT2D eigenvalue weighted by molar-refractivity contribution is 7.99. The Labute approximate surface area is 141 Å². The van der Waals surface area contributed by atoms with E-state index in [-0.39, 0.29) is 0 Å². The van der Waals surface area contributed by atoms with E-state index < -0.39 is 0 Å². The number of rotatable bonds is 6. The lowest BCUT2D eigenvalue weighted by molar-refractivity contribution is 0.224. The molecular formula is C17H23N3O2S. The minimum Gasteiger partial charge on any atom is -0.496 e. The van der Waals surface area contributed by atoms with Crippen molar-refractivity contribution in [1.29, 1.82) is 0 Å². The minimum atomic E-state index is 0.601. The molecule has 1 aliphatic rings. The lowest BCUT2D eigenvalue weighted by Gasteiger charge is -2.28. The number of para-hydroxylation sites is 1. The predicted octanol–water partition coefficient (Wildman–Crippen LogP) is 3.10. The average Bonchev–Trinajstić information content (AvgIpc) is 3.01. The molecule has 2 heterocycles. The van der Waals surface area contributed by atoms with Gasteiger partial charge in [0.25, 0.3) is 5.22 Å². The third-order valence-electron chi connectivity index (χ3n) is 4.15. The van der Waals surface area contributed by atoms with Crippen molar-refractivity contribution in [3.05, 3.63) is 35.7 Å². The van der Waals surface area contributed by atoms with Crippen molar-refractivity contribution in [3.63, 3.8) is 0 Å². The number of likely N-dealkylation sites (tertiary alicyclic amines) is 1. The van der Waals surface area contributed by atoms with E-state index in [1.165, 1.54) is 19.4 Å². The molecule has 0 spiro atoms. The first kappa shape index (κ1) is 16.3. The molecule has 6 heteroatoms. The number of nitrogens with zero attached hydrogens (tertiary/aromatic N) is 3. The van der Waals surface area contributed by atoms with Crippen molar-refractivity contribution < 1.29 is 9.15 Å². The van der Waals surface area contributed by atoms with E-state index in [0.717, 1.165) is 23.6 Å². The van der Waals surface area contributed by atoms with Crippen LogP contribution in [0.5, 0.6) is 5.75 Å². The molecule has 3 rings (SSSR count). The third-order valence-corrected chi connectivity index (χ3v) is 5.20. The van der Waals surface area contributed by atoms with Crippen LogP contribution >= 0.6 is 11.8 Å². The summed E-state index contributed by atoms with van der Waals surface area (Å²) >= 11 is 1.67. The van der Waals surface area contributed by atoms with Gasteiger partial charge in [0.05, 0.1) is 13.5 Å². The van der Waals surface area contributed by atoms with E-state index in [0.29, 0.717) is 23.5 Å². The Morgan fingerprint density at radius 1 is 1.35 bits per heavy atom. The van der Waals surface area contributed by atoms with Gasteiger partial charge in [-0.1, -0.05) is 30.0 Å². The van der Waals surface area contributed by atoms with Crippen LogP contribution in [-0.2, 0) is 6.42 Å². The van der Waals surface area contributed by atoms with Crippen LogP contribution in [-0.4, -0.2) is 48.1 Å². The predicted molar refractivity (Wildman–Crippen MR) is 91.0 cm³/mol. The van der Waals surface area contributed by atoms with Crippen LogP contribution < -0.4 is 4.74 Å². The Morgan fingerprint density at radius 2 is 2.22 bits per heavy atom. The van der Waals surface area contributed by atoms with Crippen molar-refractivity contribution >= 4 is 11.8 Å². The van der Waals surface area contributed by atoms with Gasteiger partial charge in [0, 0.05) is 17.9 Å². The van der Waals surface area contributed by atoms with Gasteiger partial charge in [-0.15, -0.1) is 10.2 Å². The Balaban J connectivity index is 1.55. The molecule has 5 nitrogen and oxygen atoms in total. The maximum atomic E-state index is 5.78. The standard InChI is InChI=1S/C17H23N3O2S/c1-20-9-5-6-13(11-20)12-23-17-19-18-16(22-17)10-14-7-3-4-8-15(14)21-2/h3-4,7-8,13H,5-6,9-12H2,1-2H3/t13-/m1/s1. The van der Waals surface area contributed by atoms with E-state index >= 15 is 0 Å². The van der Waals surface area contributed by atoms with Crippen LogP contribution in [0, 0.1) is 5.92 Å². The second-order valence-electron chi connectivity index (χ2n) is 6.03. The van der Waals surface area contributed by atoms with Gasteiger partial charge in [0.1, 0.15) is 5.75 Å². The number of methoxy groups -OCH3 is 1. The summed E-state index contributed by atoms with van der Waals surface area (Å²) in [5.41, 5.74) is 1.06. The Bertz CT molecular complexity index is 632. The topological polar surface area (TPSA) is 51.4 Å². The highest BCUT2D eigenvalue weighted by Crippen LogP contribution is 2.26. The summed E-state index contributed by atoms with van der Waals surface area (Å²) in [7, 11) is 3.87. The summed E-state index contributed by atoms with van der Waals surface area (Å²) in [5.74, 6) is 3.24. The van der Waals surface area contributed by atoms with Crippen LogP contribution in [0.4, 0.5) is 0 Å². The molecule has 23 heavy (non-hydrogen) atoms. The molecule has 1 saturated heterocycles. The molecular weight excluding hydrogens is 310 g/mol. The van der Waals surface area contributed by atoms with E-state index in [9.17, 15) is 0 Å². The summed E-state index contributed by atoms with van der Waals surface area (Å²) in [4.78, 5) is 2.40. The van der Waals surface area contributed by atoms with E-state index in [4.69, 9.17) is 9.15 Å². The second kappa shape index (κ2) is 7.84. The lowest BCUT2D eigenvalue weighted by atomic mass is 10.0. The van der Waals surface area contributed by atoms with Crippen LogP contribution in [0.25, 0.3) is 0 Å². The third kappa shape index (κ3) is 4.48. The van der Waals surface area contributed by atoms with Crippen molar-refractivity contribution in [2.45, 2.75) is 24.5 Å². The zero-order valence-electron chi connectivity index (χ0n) is 13.7. The monoisotopic (exact) mass is 333 g/mol. The molecule has 2 aromatic rings. The maximum absolute atomic E-state index is 5.78. The summed E-state index contributed by atoms with van der Waals surface area (Å²) < 4.78 is 11.1. The molecule has 0 aliphatic carbocycles. The lowest BCUT2D eigenvalue weighted by Crippen LogP contribution is -2.33. The maximum Gasteiger partial charge on any atom is 0.276 e. The van der Waals surface area contributed by atoms with Gasteiger partial charge < -0.3 is 14.1 Å². The van der Waals surface area contributed by atoms with E-state index in [2.05, 4.69) is 22.1 Å². The first-order valence-electron chi connectivity index (χ1n) is 8.00. The van der Waals surface area contributed by atoms with Gasteiger partial charge in [-0.05, 0) is 38.4 Å². The molecule has 0 unspecified atom stereocenters. The Kier molecular flexibility index (Phi) is 5.56. The molecule has 0 radical (unpaired) electrons. The number of hydrogen-bond acceptors (Lipinski definition) is 6. The summed E-state index contributed by atoms with van der Waals surface area (Å²) in [5, 5.41) is 8.99. The van der Waals surface area contributed by atoms with Crippen molar-refractivity contribution in [3.8, 4) is 5.75 Å². The van der Waals surface area contributed by atoms with Gasteiger partial charge in [0.15, 0.2) is 0 Å². The molecule has 1 atom stereocenters. The molecule has 1 aromatic carbocycles. The van der Waals surface area contributed by atoms with Crippen molar-refractivity contribution in [1.82, 2.24) is 15.1 Å². The fraction of sp³-hybridized carbons (Fsp3) is 0.529. The molecule has 1 aromatic heterocycles. The first-order valence-corrected chi connectivity index (χ1v) is 8.99. The van der Waals surface area contributed by atoms with E-state index in [1.54, 1.807) is 18.9 Å². The molecule has 1 fully saturated rings. The number of ether oxygens (including phenoxy) is 1. The van der Waals surface area contributed by atoms with Gasteiger partial charge >= 0.3 is 0 Å². The molecule has 0 N–H and O–H groups in total. The summed E-state index contributed by atoms with van der Waals surface area (Å²) in [6.45, 7) is 2.37. The largest absolute Gasteiger partial charge is 0.496 e. The summed E-state index contributed by atoms with van der Waals surface area (Å²) in [6, 6.07) is 7.91. The highest BCUT2D eigenvalue weighted by atomic mass is 32.2. The molecule has 1 aliphatic heterocycles. The summed E-state index contributed by atoms with van der Waals surface area (Å²) in [6.07, 6.45) is 3.17. The zero-order chi connectivity index (χ0) is 16.1. The molecule has 0 bridgehead atoms. The smallest absolute Gasteiger partial charge is 0.276 e. The molecule has 0 saturated carbocycles. The SMILES string of the molecule is COc1ccccc1Cc1nnc(SC[C@@H]2CCCN(C)C2)o1. The van der Waals surface area contributed by atoms with Crippen LogP contribution in [0.2, 0.25) is 0 Å². The fourth-order valence-electron chi connectivity index (χ4n) is 2.98. The first-order chi connectivity index (χ1) is 11.2. The normalized spacial score (nSPS) is 19.0. The van der Waals surface area contributed by atoms with Gasteiger partial charge in [0.2, 0.25) is 5.89 Å². The number of hydrogen-bond donors (Lipinski definition) is 0.